The topological polar surface area (TPSA) is 38.4 Å². The van der Waals surface area contributed by atoms with Gasteiger partial charge in [-0.25, -0.2) is 4.99 Å². The first-order valence-corrected chi connectivity index (χ1v) is 6.36. The van der Waals surface area contributed by atoms with Crippen LogP contribution >= 0.6 is 23.2 Å². The quantitative estimate of drug-likeness (QED) is 0.509. The van der Waals surface area contributed by atoms with E-state index in [1.807, 2.05) is 48.5 Å². The van der Waals surface area contributed by atoms with E-state index >= 15 is 0 Å². The van der Waals surface area contributed by atoms with Crippen LogP contribution in [0.1, 0.15) is 0 Å². The fraction of sp³-hybridized carbons (Fsp3) is 0.0714. The monoisotopic (exact) mass is 278 g/mol. The molecule has 0 aliphatic rings. The number of nitrogens with zero attached hydrogens (tertiary/aromatic N) is 1. The molecule has 0 unspecified atom stereocenters. The predicted octanol–water partition coefficient (Wildman–Crippen LogP) is 4.23. The number of para-hydroxylation sites is 1. The van der Waals surface area contributed by atoms with Crippen LogP contribution in [0.2, 0.25) is 5.02 Å². The number of nitrogens with two attached hydrogens (primary N) is 1. The van der Waals surface area contributed by atoms with Gasteiger partial charge in [0.25, 0.3) is 0 Å². The van der Waals surface area contributed by atoms with Gasteiger partial charge in [0.2, 0.25) is 0 Å². The average molecular weight is 279 g/mol. The second kappa shape index (κ2) is 5.89. The van der Waals surface area contributed by atoms with Crippen molar-refractivity contribution in [1.29, 1.82) is 0 Å². The average Bonchev–Trinajstić information content (AvgIpc) is 2.39. The Balaban J connectivity index is 2.51. The lowest BCUT2D eigenvalue weighted by Gasteiger charge is -2.06. The summed E-state index contributed by atoms with van der Waals surface area (Å²) in [6, 6.07) is 15.4. The molecule has 0 amide bonds. The Labute approximate surface area is 116 Å². The molecule has 0 saturated heterocycles. The molecule has 2 aromatic carbocycles. The first kappa shape index (κ1) is 12.9. The summed E-state index contributed by atoms with van der Waals surface area (Å²) in [4.78, 5) is 4.30. The van der Waals surface area contributed by atoms with Crippen LogP contribution in [0.5, 0.6) is 0 Å². The van der Waals surface area contributed by atoms with Gasteiger partial charge in [0.15, 0.2) is 0 Å². The Morgan fingerprint density at radius 1 is 1.11 bits per heavy atom. The number of alkyl halides is 1. The van der Waals surface area contributed by atoms with E-state index < -0.39 is 0 Å². The third-order valence-corrected chi connectivity index (χ3v) is 2.95. The SMILES string of the molecule is NC(CCl)=Nc1ccccc1-c1cccc(Cl)c1. The largest absolute Gasteiger partial charge is 0.386 e. The Hall–Kier alpha value is -1.51. The highest BCUT2D eigenvalue weighted by Gasteiger charge is 2.04. The first-order valence-electron chi connectivity index (χ1n) is 5.44. The third-order valence-electron chi connectivity index (χ3n) is 2.44. The molecule has 2 aromatic rings. The highest BCUT2D eigenvalue weighted by atomic mass is 35.5. The maximum Gasteiger partial charge on any atom is 0.115 e. The summed E-state index contributed by atoms with van der Waals surface area (Å²) >= 11 is 11.6. The Bertz CT molecular complexity index is 580. The molecule has 0 fully saturated rings. The van der Waals surface area contributed by atoms with E-state index in [-0.39, 0.29) is 5.88 Å². The lowest BCUT2D eigenvalue weighted by Crippen LogP contribution is -2.12. The zero-order chi connectivity index (χ0) is 13.0. The van der Waals surface area contributed by atoms with E-state index in [1.165, 1.54) is 0 Å². The molecule has 2 N–H and O–H groups in total. The van der Waals surface area contributed by atoms with Gasteiger partial charge in [-0.1, -0.05) is 41.9 Å². The fourth-order valence-corrected chi connectivity index (χ4v) is 1.91. The van der Waals surface area contributed by atoms with Crippen molar-refractivity contribution in [1.82, 2.24) is 0 Å². The van der Waals surface area contributed by atoms with E-state index in [1.54, 1.807) is 0 Å². The van der Waals surface area contributed by atoms with Crippen LogP contribution in [-0.2, 0) is 0 Å². The lowest BCUT2D eigenvalue weighted by atomic mass is 10.0. The van der Waals surface area contributed by atoms with E-state index in [4.69, 9.17) is 28.9 Å². The summed E-state index contributed by atoms with van der Waals surface area (Å²) in [5.41, 5.74) is 8.45. The van der Waals surface area contributed by atoms with E-state index in [0.29, 0.717) is 10.9 Å². The summed E-state index contributed by atoms with van der Waals surface area (Å²) in [7, 11) is 0. The molecule has 2 rings (SSSR count). The van der Waals surface area contributed by atoms with Gasteiger partial charge in [-0.2, -0.15) is 0 Å². The van der Waals surface area contributed by atoms with Gasteiger partial charge in [0, 0.05) is 10.6 Å². The van der Waals surface area contributed by atoms with Gasteiger partial charge in [-0.15, -0.1) is 11.6 Å². The van der Waals surface area contributed by atoms with Crippen LogP contribution in [0, 0.1) is 0 Å². The first-order chi connectivity index (χ1) is 8.70. The Morgan fingerprint density at radius 2 is 1.89 bits per heavy atom. The van der Waals surface area contributed by atoms with Crippen molar-refractivity contribution in [3.63, 3.8) is 0 Å². The standard InChI is InChI=1S/C14H12Cl2N2/c15-9-14(17)18-13-7-2-1-6-12(13)10-4-3-5-11(16)8-10/h1-8H,9H2,(H2,17,18). The third kappa shape index (κ3) is 3.03. The molecule has 0 spiro atoms. The summed E-state index contributed by atoms with van der Waals surface area (Å²) in [5.74, 6) is 0.607. The van der Waals surface area contributed by atoms with Crippen LogP contribution in [-0.4, -0.2) is 11.7 Å². The van der Waals surface area contributed by atoms with Gasteiger partial charge >= 0.3 is 0 Å². The maximum atomic E-state index is 6.00. The van der Waals surface area contributed by atoms with Crippen LogP contribution in [0.4, 0.5) is 5.69 Å². The van der Waals surface area contributed by atoms with Crippen molar-refractivity contribution in [3.8, 4) is 11.1 Å². The van der Waals surface area contributed by atoms with Crippen LogP contribution < -0.4 is 5.73 Å². The lowest BCUT2D eigenvalue weighted by molar-refractivity contribution is 1.45. The highest BCUT2D eigenvalue weighted by Crippen LogP contribution is 2.31. The summed E-state index contributed by atoms with van der Waals surface area (Å²) in [6.07, 6.45) is 0. The highest BCUT2D eigenvalue weighted by molar-refractivity contribution is 6.31. The summed E-state index contributed by atoms with van der Waals surface area (Å²) < 4.78 is 0. The minimum Gasteiger partial charge on any atom is -0.386 e. The molecule has 0 aliphatic carbocycles. The molecular formula is C14H12Cl2N2. The van der Waals surface area contributed by atoms with Gasteiger partial charge in [-0.05, 0) is 23.8 Å². The van der Waals surface area contributed by atoms with Crippen molar-refractivity contribution < 1.29 is 0 Å². The Kier molecular flexibility index (Phi) is 4.24. The molecule has 0 radical (unpaired) electrons. The zero-order valence-corrected chi connectivity index (χ0v) is 11.1. The molecule has 0 saturated carbocycles. The van der Waals surface area contributed by atoms with Crippen molar-refractivity contribution in [2.45, 2.75) is 0 Å². The second-order valence-electron chi connectivity index (χ2n) is 3.76. The second-order valence-corrected chi connectivity index (χ2v) is 4.47. The number of amidine groups is 1. The van der Waals surface area contributed by atoms with Gasteiger partial charge in [-0.3, -0.25) is 0 Å². The summed E-state index contributed by atoms with van der Waals surface area (Å²) in [5, 5.41) is 0.691. The van der Waals surface area contributed by atoms with Crippen molar-refractivity contribution in [2.75, 3.05) is 5.88 Å². The van der Waals surface area contributed by atoms with E-state index in [2.05, 4.69) is 4.99 Å². The minimum absolute atomic E-state index is 0.212. The van der Waals surface area contributed by atoms with Crippen molar-refractivity contribution >= 4 is 34.7 Å². The van der Waals surface area contributed by atoms with Gasteiger partial charge in [0.1, 0.15) is 5.84 Å². The maximum absolute atomic E-state index is 6.00. The number of benzene rings is 2. The summed E-state index contributed by atoms with van der Waals surface area (Å²) in [6.45, 7) is 0. The number of aliphatic imine (C=N–C) groups is 1. The molecule has 2 nitrogen and oxygen atoms in total. The van der Waals surface area contributed by atoms with Crippen LogP contribution in [0.3, 0.4) is 0 Å². The fourth-order valence-electron chi connectivity index (χ4n) is 1.66. The number of halogens is 2. The molecular weight excluding hydrogens is 267 g/mol. The van der Waals surface area contributed by atoms with Gasteiger partial charge < -0.3 is 5.73 Å². The van der Waals surface area contributed by atoms with Crippen LogP contribution in [0.15, 0.2) is 53.5 Å². The molecule has 4 heteroatoms. The number of rotatable bonds is 3. The predicted molar refractivity (Wildman–Crippen MR) is 78.9 cm³/mol. The molecule has 0 aromatic heterocycles. The molecule has 0 heterocycles. The molecule has 0 aliphatic heterocycles. The van der Waals surface area contributed by atoms with Crippen molar-refractivity contribution in [3.05, 3.63) is 53.6 Å². The number of hydrogen-bond acceptors (Lipinski definition) is 1. The van der Waals surface area contributed by atoms with Crippen LogP contribution in [0.25, 0.3) is 11.1 Å². The molecule has 0 atom stereocenters. The normalized spacial score (nSPS) is 11.6. The zero-order valence-electron chi connectivity index (χ0n) is 9.61. The Morgan fingerprint density at radius 3 is 2.61 bits per heavy atom. The number of hydrogen-bond donors (Lipinski definition) is 1. The van der Waals surface area contributed by atoms with E-state index in [9.17, 15) is 0 Å². The van der Waals surface area contributed by atoms with E-state index in [0.717, 1.165) is 16.8 Å². The van der Waals surface area contributed by atoms with Crippen molar-refractivity contribution in [2.24, 2.45) is 10.7 Å². The smallest absolute Gasteiger partial charge is 0.115 e. The molecule has 0 bridgehead atoms. The van der Waals surface area contributed by atoms with Gasteiger partial charge in [0.05, 0.1) is 11.6 Å². The molecule has 92 valence electrons. The minimum atomic E-state index is 0.212. The molecule has 18 heavy (non-hydrogen) atoms.